The fraction of sp³-hybridized carbons (Fsp3) is 0.429. The molecule has 0 aliphatic carbocycles. The van der Waals surface area contributed by atoms with Crippen LogP contribution in [0.1, 0.15) is 12.5 Å². The van der Waals surface area contributed by atoms with Crippen LogP contribution in [0.4, 0.5) is 0 Å². The zero-order valence-corrected chi connectivity index (χ0v) is 11.4. The molecule has 0 aromatic heterocycles. The molecule has 108 valence electrons. The number of carbonyl (C=O) groups excluding carboxylic acids is 2. The molecule has 6 nitrogen and oxygen atoms in total. The van der Waals surface area contributed by atoms with Crippen LogP contribution in [0.5, 0.6) is 0 Å². The van der Waals surface area contributed by atoms with E-state index in [1.54, 1.807) is 19.1 Å². The number of carbonyl (C=O) groups is 2. The monoisotopic (exact) mass is 277 g/mol. The number of hydrogen-bond donors (Lipinski definition) is 2. The van der Waals surface area contributed by atoms with Gasteiger partial charge in [0.1, 0.15) is 11.6 Å². The molecule has 2 atom stereocenters. The van der Waals surface area contributed by atoms with Crippen molar-refractivity contribution in [3.63, 3.8) is 0 Å². The third-order valence-corrected chi connectivity index (χ3v) is 3.54. The van der Waals surface area contributed by atoms with Crippen molar-refractivity contribution in [2.45, 2.75) is 18.5 Å². The number of ether oxygens (including phenoxy) is 1. The van der Waals surface area contributed by atoms with Crippen molar-refractivity contribution in [2.75, 3.05) is 19.8 Å². The topological polar surface area (TPSA) is 98.7 Å². The average molecular weight is 277 g/mol. The van der Waals surface area contributed by atoms with Gasteiger partial charge in [-0.2, -0.15) is 0 Å². The van der Waals surface area contributed by atoms with E-state index in [9.17, 15) is 9.59 Å². The second kappa shape index (κ2) is 5.60. The second-order valence-corrected chi connectivity index (χ2v) is 5.06. The Kier molecular flexibility index (Phi) is 4.06. The SMILES string of the molecule is CC(N)(C(=O)N1CCOCC1C(N)=O)c1ccccc1. The summed E-state index contributed by atoms with van der Waals surface area (Å²) >= 11 is 0. The van der Waals surface area contributed by atoms with E-state index in [4.69, 9.17) is 16.2 Å². The van der Waals surface area contributed by atoms with Gasteiger partial charge < -0.3 is 21.1 Å². The fourth-order valence-corrected chi connectivity index (χ4v) is 2.29. The predicted molar refractivity (Wildman–Crippen MR) is 73.5 cm³/mol. The van der Waals surface area contributed by atoms with Gasteiger partial charge in [0.05, 0.1) is 13.2 Å². The zero-order valence-electron chi connectivity index (χ0n) is 11.4. The van der Waals surface area contributed by atoms with E-state index in [1.165, 1.54) is 4.90 Å². The van der Waals surface area contributed by atoms with Gasteiger partial charge in [0.2, 0.25) is 11.8 Å². The molecule has 0 spiro atoms. The summed E-state index contributed by atoms with van der Waals surface area (Å²) in [5, 5.41) is 0. The first-order valence-corrected chi connectivity index (χ1v) is 6.47. The third-order valence-electron chi connectivity index (χ3n) is 3.54. The van der Waals surface area contributed by atoms with Gasteiger partial charge in [0.15, 0.2) is 0 Å². The summed E-state index contributed by atoms with van der Waals surface area (Å²) in [6.07, 6.45) is 0. The highest BCUT2D eigenvalue weighted by Gasteiger charge is 2.40. The maximum Gasteiger partial charge on any atom is 0.247 e. The number of amides is 2. The van der Waals surface area contributed by atoms with Gasteiger partial charge in [-0.15, -0.1) is 0 Å². The summed E-state index contributed by atoms with van der Waals surface area (Å²) in [5.74, 6) is -0.905. The van der Waals surface area contributed by atoms with Crippen LogP contribution in [-0.2, 0) is 19.9 Å². The van der Waals surface area contributed by atoms with E-state index in [2.05, 4.69) is 0 Å². The number of morpholine rings is 1. The zero-order chi connectivity index (χ0) is 14.8. The van der Waals surface area contributed by atoms with Crippen molar-refractivity contribution in [3.05, 3.63) is 35.9 Å². The molecule has 6 heteroatoms. The number of primary amides is 1. The first-order valence-electron chi connectivity index (χ1n) is 6.47. The van der Waals surface area contributed by atoms with Crippen LogP contribution in [0, 0.1) is 0 Å². The second-order valence-electron chi connectivity index (χ2n) is 5.06. The predicted octanol–water partition coefficient (Wildman–Crippen LogP) is -0.427. The van der Waals surface area contributed by atoms with E-state index < -0.39 is 17.5 Å². The van der Waals surface area contributed by atoms with Gasteiger partial charge in [-0.25, -0.2) is 0 Å². The van der Waals surface area contributed by atoms with E-state index in [-0.39, 0.29) is 12.5 Å². The summed E-state index contributed by atoms with van der Waals surface area (Å²) in [4.78, 5) is 25.5. The average Bonchev–Trinajstić information content (AvgIpc) is 2.47. The highest BCUT2D eigenvalue weighted by Crippen LogP contribution is 2.22. The minimum Gasteiger partial charge on any atom is -0.377 e. The molecular formula is C14H19N3O3. The number of benzene rings is 1. The Bertz CT molecular complexity index is 502. The van der Waals surface area contributed by atoms with Gasteiger partial charge in [-0.3, -0.25) is 9.59 Å². The van der Waals surface area contributed by atoms with E-state index in [1.807, 2.05) is 18.2 Å². The molecule has 4 N–H and O–H groups in total. The molecule has 1 aliphatic heterocycles. The van der Waals surface area contributed by atoms with Crippen molar-refractivity contribution in [3.8, 4) is 0 Å². The molecule has 2 amide bonds. The molecular weight excluding hydrogens is 258 g/mol. The van der Waals surface area contributed by atoms with Crippen LogP contribution in [0.3, 0.4) is 0 Å². The van der Waals surface area contributed by atoms with Gasteiger partial charge in [-0.1, -0.05) is 30.3 Å². The van der Waals surface area contributed by atoms with Gasteiger partial charge >= 0.3 is 0 Å². The van der Waals surface area contributed by atoms with E-state index in [0.29, 0.717) is 18.7 Å². The molecule has 0 radical (unpaired) electrons. The summed E-state index contributed by atoms with van der Waals surface area (Å²) in [7, 11) is 0. The lowest BCUT2D eigenvalue weighted by atomic mass is 9.91. The quantitative estimate of drug-likeness (QED) is 0.783. The lowest BCUT2D eigenvalue weighted by Gasteiger charge is -2.38. The van der Waals surface area contributed by atoms with Crippen molar-refractivity contribution < 1.29 is 14.3 Å². The van der Waals surface area contributed by atoms with Crippen LogP contribution in [-0.4, -0.2) is 42.5 Å². The standard InChI is InChI=1S/C14H19N3O3/c1-14(16,10-5-3-2-4-6-10)13(19)17-7-8-20-9-11(17)12(15)18/h2-6,11H,7-9,16H2,1H3,(H2,15,18). The molecule has 0 bridgehead atoms. The van der Waals surface area contributed by atoms with Gasteiger partial charge in [-0.05, 0) is 12.5 Å². The maximum atomic E-state index is 12.7. The third kappa shape index (κ3) is 2.66. The lowest BCUT2D eigenvalue weighted by Crippen LogP contribution is -2.61. The first kappa shape index (κ1) is 14.5. The van der Waals surface area contributed by atoms with E-state index in [0.717, 1.165) is 0 Å². The Morgan fingerprint density at radius 3 is 2.60 bits per heavy atom. The normalized spacial score (nSPS) is 22.1. The Hall–Kier alpha value is -1.92. The molecule has 0 saturated carbocycles. The Morgan fingerprint density at radius 2 is 2.00 bits per heavy atom. The van der Waals surface area contributed by atoms with Crippen LogP contribution in [0.25, 0.3) is 0 Å². The van der Waals surface area contributed by atoms with Crippen LogP contribution in [0.2, 0.25) is 0 Å². The summed E-state index contributed by atoms with van der Waals surface area (Å²) in [5.41, 5.74) is 11.0. The number of hydrogen-bond acceptors (Lipinski definition) is 4. The molecule has 1 aromatic carbocycles. The highest BCUT2D eigenvalue weighted by molar-refractivity contribution is 5.92. The molecule has 1 fully saturated rings. The van der Waals surface area contributed by atoms with Crippen molar-refractivity contribution in [1.82, 2.24) is 4.90 Å². The minimum atomic E-state index is -1.20. The summed E-state index contributed by atoms with van der Waals surface area (Å²) < 4.78 is 5.21. The number of nitrogens with zero attached hydrogens (tertiary/aromatic N) is 1. The molecule has 2 unspecified atom stereocenters. The van der Waals surface area contributed by atoms with Crippen molar-refractivity contribution >= 4 is 11.8 Å². The Balaban J connectivity index is 2.27. The van der Waals surface area contributed by atoms with E-state index >= 15 is 0 Å². The summed E-state index contributed by atoms with van der Waals surface area (Å²) in [6.45, 7) is 2.44. The Morgan fingerprint density at radius 1 is 1.35 bits per heavy atom. The minimum absolute atomic E-state index is 0.117. The van der Waals surface area contributed by atoms with Crippen LogP contribution >= 0.6 is 0 Å². The van der Waals surface area contributed by atoms with Crippen molar-refractivity contribution in [1.29, 1.82) is 0 Å². The number of nitrogens with two attached hydrogens (primary N) is 2. The largest absolute Gasteiger partial charge is 0.377 e. The van der Waals surface area contributed by atoms with Crippen molar-refractivity contribution in [2.24, 2.45) is 11.5 Å². The Labute approximate surface area is 117 Å². The first-order chi connectivity index (χ1) is 9.44. The lowest BCUT2D eigenvalue weighted by molar-refractivity contribution is -0.151. The number of rotatable bonds is 3. The van der Waals surface area contributed by atoms with Crippen LogP contribution < -0.4 is 11.5 Å². The molecule has 1 heterocycles. The highest BCUT2D eigenvalue weighted by atomic mass is 16.5. The van der Waals surface area contributed by atoms with Gasteiger partial charge in [0.25, 0.3) is 0 Å². The fourth-order valence-electron chi connectivity index (χ4n) is 2.29. The smallest absolute Gasteiger partial charge is 0.247 e. The summed E-state index contributed by atoms with van der Waals surface area (Å²) in [6, 6.07) is 8.31. The van der Waals surface area contributed by atoms with Crippen LogP contribution in [0.15, 0.2) is 30.3 Å². The molecule has 20 heavy (non-hydrogen) atoms. The molecule has 1 saturated heterocycles. The maximum absolute atomic E-state index is 12.7. The van der Waals surface area contributed by atoms with Gasteiger partial charge in [0, 0.05) is 6.54 Å². The molecule has 1 aromatic rings. The molecule has 2 rings (SSSR count). The molecule has 1 aliphatic rings.